The van der Waals surface area contributed by atoms with Gasteiger partial charge in [-0.05, 0) is 24.3 Å². The van der Waals surface area contributed by atoms with Crippen molar-refractivity contribution in [1.82, 2.24) is 14.8 Å². The molecule has 0 aliphatic carbocycles. The number of carbonyl (C=O) groups excluding carboxylic acids is 1. The van der Waals surface area contributed by atoms with Gasteiger partial charge < -0.3 is 10.5 Å². The van der Waals surface area contributed by atoms with Crippen molar-refractivity contribution in [3.05, 3.63) is 46.7 Å². The number of benzene rings is 1. The molecule has 0 fully saturated rings. The molecule has 0 saturated heterocycles. The third-order valence-electron chi connectivity index (χ3n) is 3.01. The lowest BCUT2D eigenvalue weighted by Gasteiger charge is -2.06. The third-order valence-corrected chi connectivity index (χ3v) is 3.47. The van der Waals surface area contributed by atoms with E-state index in [9.17, 15) is 4.79 Å². The highest BCUT2D eigenvalue weighted by Crippen LogP contribution is 2.26. The Kier molecular flexibility index (Phi) is 3.34. The maximum atomic E-state index is 11.5. The molecule has 1 aromatic carbocycles. The van der Waals surface area contributed by atoms with Gasteiger partial charge in [-0.1, -0.05) is 15.9 Å². The minimum absolute atomic E-state index is 0.192. The summed E-state index contributed by atoms with van der Waals surface area (Å²) in [6.45, 7) is 0. The number of hydrogen-bond acceptors (Lipinski definition) is 4. The van der Waals surface area contributed by atoms with Crippen LogP contribution in [0.15, 0.2) is 41.0 Å². The Morgan fingerprint density at radius 3 is 2.90 bits per heavy atom. The van der Waals surface area contributed by atoms with Gasteiger partial charge in [0.1, 0.15) is 5.75 Å². The van der Waals surface area contributed by atoms with E-state index in [0.29, 0.717) is 16.8 Å². The average Bonchev–Trinajstić information content (AvgIpc) is 2.86. The van der Waals surface area contributed by atoms with Gasteiger partial charge in [0, 0.05) is 16.7 Å². The number of methoxy groups -OCH3 is 1. The minimum Gasteiger partial charge on any atom is -0.497 e. The van der Waals surface area contributed by atoms with Crippen LogP contribution in [0.3, 0.4) is 0 Å². The molecular formula is C14H11BrN4O2. The highest BCUT2D eigenvalue weighted by Gasteiger charge is 2.17. The molecule has 0 bridgehead atoms. The zero-order valence-electron chi connectivity index (χ0n) is 11.1. The van der Waals surface area contributed by atoms with Crippen LogP contribution in [0.1, 0.15) is 10.5 Å². The Balaban J connectivity index is 2.30. The second-order valence-electron chi connectivity index (χ2n) is 4.35. The summed E-state index contributed by atoms with van der Waals surface area (Å²) in [6.07, 6.45) is 1.64. The van der Waals surface area contributed by atoms with Crippen LogP contribution in [0.2, 0.25) is 0 Å². The Morgan fingerprint density at radius 1 is 1.38 bits per heavy atom. The topological polar surface area (TPSA) is 83.0 Å². The van der Waals surface area contributed by atoms with E-state index in [1.165, 1.54) is 0 Å². The van der Waals surface area contributed by atoms with E-state index in [1.807, 2.05) is 12.1 Å². The van der Waals surface area contributed by atoms with E-state index in [2.05, 4.69) is 26.0 Å². The monoisotopic (exact) mass is 346 g/mol. The lowest BCUT2D eigenvalue weighted by Crippen LogP contribution is -2.12. The first-order chi connectivity index (χ1) is 10.1. The van der Waals surface area contributed by atoms with E-state index in [1.54, 1.807) is 36.2 Å². The lowest BCUT2D eigenvalue weighted by molar-refractivity contribution is 0.0996. The van der Waals surface area contributed by atoms with Crippen molar-refractivity contribution < 1.29 is 9.53 Å². The SMILES string of the molecule is COc1cc(Br)cc(-n2nc(C(N)=O)c3cccnc32)c1. The van der Waals surface area contributed by atoms with Gasteiger partial charge in [0.05, 0.1) is 18.2 Å². The molecule has 7 heteroatoms. The molecule has 0 spiro atoms. The van der Waals surface area contributed by atoms with Crippen molar-refractivity contribution in [3.63, 3.8) is 0 Å². The van der Waals surface area contributed by atoms with Crippen molar-refractivity contribution in [2.45, 2.75) is 0 Å². The molecule has 106 valence electrons. The molecule has 1 amide bonds. The molecule has 0 atom stereocenters. The van der Waals surface area contributed by atoms with E-state index >= 15 is 0 Å². The van der Waals surface area contributed by atoms with Gasteiger partial charge in [-0.25, -0.2) is 9.67 Å². The summed E-state index contributed by atoms with van der Waals surface area (Å²) in [5, 5.41) is 4.89. The predicted octanol–water partition coefficient (Wildman–Crippen LogP) is 2.29. The van der Waals surface area contributed by atoms with Gasteiger partial charge in [0.25, 0.3) is 5.91 Å². The second kappa shape index (κ2) is 5.17. The number of hydrogen-bond donors (Lipinski definition) is 1. The predicted molar refractivity (Wildman–Crippen MR) is 81.6 cm³/mol. The second-order valence-corrected chi connectivity index (χ2v) is 5.26. The summed E-state index contributed by atoms with van der Waals surface area (Å²) in [5.41, 5.74) is 6.85. The van der Waals surface area contributed by atoms with E-state index in [0.717, 1.165) is 10.2 Å². The van der Waals surface area contributed by atoms with Crippen LogP contribution in [0.4, 0.5) is 0 Å². The highest BCUT2D eigenvalue weighted by molar-refractivity contribution is 9.10. The maximum Gasteiger partial charge on any atom is 0.269 e. The third kappa shape index (κ3) is 2.36. The van der Waals surface area contributed by atoms with Gasteiger partial charge >= 0.3 is 0 Å². The number of amides is 1. The zero-order chi connectivity index (χ0) is 15.0. The number of rotatable bonds is 3. The van der Waals surface area contributed by atoms with Crippen LogP contribution in [0.5, 0.6) is 5.75 Å². The quantitative estimate of drug-likeness (QED) is 0.788. The van der Waals surface area contributed by atoms with Crippen LogP contribution >= 0.6 is 15.9 Å². The molecule has 3 rings (SSSR count). The van der Waals surface area contributed by atoms with Crippen LogP contribution in [-0.2, 0) is 0 Å². The molecule has 3 aromatic rings. The van der Waals surface area contributed by atoms with Crippen LogP contribution in [-0.4, -0.2) is 27.8 Å². The van der Waals surface area contributed by atoms with Crippen LogP contribution in [0, 0.1) is 0 Å². The summed E-state index contributed by atoms with van der Waals surface area (Å²) in [7, 11) is 1.58. The first kappa shape index (κ1) is 13.6. The first-order valence-electron chi connectivity index (χ1n) is 6.08. The molecule has 0 radical (unpaired) electrons. The fourth-order valence-corrected chi connectivity index (χ4v) is 2.56. The molecule has 0 saturated carbocycles. The summed E-state index contributed by atoms with van der Waals surface area (Å²) in [4.78, 5) is 15.8. The van der Waals surface area contributed by atoms with Gasteiger partial charge in [-0.3, -0.25) is 4.79 Å². The number of aromatic nitrogens is 3. The molecule has 0 aliphatic rings. The number of carbonyl (C=O) groups is 1. The van der Waals surface area contributed by atoms with Gasteiger partial charge in [0.2, 0.25) is 0 Å². The Bertz CT molecular complexity index is 844. The van der Waals surface area contributed by atoms with E-state index < -0.39 is 5.91 Å². The molecule has 21 heavy (non-hydrogen) atoms. The lowest BCUT2D eigenvalue weighted by atomic mass is 10.2. The maximum absolute atomic E-state index is 11.5. The van der Waals surface area contributed by atoms with E-state index in [4.69, 9.17) is 10.5 Å². The largest absolute Gasteiger partial charge is 0.497 e. The average molecular weight is 347 g/mol. The van der Waals surface area contributed by atoms with E-state index in [-0.39, 0.29) is 5.69 Å². The molecule has 6 nitrogen and oxygen atoms in total. The zero-order valence-corrected chi connectivity index (χ0v) is 12.7. The standard InChI is InChI=1S/C14H11BrN4O2/c1-21-10-6-8(15)5-9(7-10)19-14-11(3-2-4-17-14)12(18-19)13(16)20/h2-7H,1H3,(H2,16,20). The number of halogens is 1. The Hall–Kier alpha value is -2.41. The number of nitrogens with zero attached hydrogens (tertiary/aromatic N) is 3. The molecule has 0 aliphatic heterocycles. The number of ether oxygens (including phenoxy) is 1. The summed E-state index contributed by atoms with van der Waals surface area (Å²) >= 11 is 3.42. The smallest absolute Gasteiger partial charge is 0.269 e. The Labute approximate surface area is 128 Å². The normalized spacial score (nSPS) is 10.8. The molecule has 0 unspecified atom stereocenters. The van der Waals surface area contributed by atoms with Crippen molar-refractivity contribution in [2.24, 2.45) is 5.73 Å². The van der Waals surface area contributed by atoms with Crippen LogP contribution < -0.4 is 10.5 Å². The van der Waals surface area contributed by atoms with Gasteiger partial charge in [-0.2, -0.15) is 5.10 Å². The minimum atomic E-state index is -0.589. The molecular weight excluding hydrogens is 336 g/mol. The van der Waals surface area contributed by atoms with Crippen molar-refractivity contribution >= 4 is 32.9 Å². The van der Waals surface area contributed by atoms with Crippen LogP contribution in [0.25, 0.3) is 16.7 Å². The molecule has 2 aromatic heterocycles. The Morgan fingerprint density at radius 2 is 2.19 bits per heavy atom. The number of fused-ring (bicyclic) bond motifs is 1. The molecule has 2 heterocycles. The van der Waals surface area contributed by atoms with Crippen molar-refractivity contribution in [3.8, 4) is 11.4 Å². The number of primary amides is 1. The van der Waals surface area contributed by atoms with Gasteiger partial charge in [0.15, 0.2) is 11.3 Å². The summed E-state index contributed by atoms with van der Waals surface area (Å²) in [6, 6.07) is 8.99. The summed E-state index contributed by atoms with van der Waals surface area (Å²) < 4.78 is 7.64. The summed E-state index contributed by atoms with van der Waals surface area (Å²) in [5.74, 6) is 0.0771. The molecule has 2 N–H and O–H groups in total. The van der Waals surface area contributed by atoms with Crippen molar-refractivity contribution in [1.29, 1.82) is 0 Å². The number of pyridine rings is 1. The first-order valence-corrected chi connectivity index (χ1v) is 6.88. The fourth-order valence-electron chi connectivity index (χ4n) is 2.10. The van der Waals surface area contributed by atoms with Crippen molar-refractivity contribution in [2.75, 3.05) is 7.11 Å². The fraction of sp³-hybridized carbons (Fsp3) is 0.0714. The highest BCUT2D eigenvalue weighted by atomic mass is 79.9. The number of nitrogens with two attached hydrogens (primary N) is 1. The van der Waals surface area contributed by atoms with Gasteiger partial charge in [-0.15, -0.1) is 0 Å².